The number of methoxy groups -OCH3 is 2. The van der Waals surface area contributed by atoms with Crippen molar-refractivity contribution in [3.63, 3.8) is 0 Å². The molecule has 2 atom stereocenters. The predicted octanol–water partition coefficient (Wildman–Crippen LogP) is 3.56. The number of para-hydroxylation sites is 1. The fourth-order valence-corrected chi connectivity index (χ4v) is 4.96. The molecule has 1 saturated heterocycles. The summed E-state index contributed by atoms with van der Waals surface area (Å²) in [4.78, 5) is 42.0. The molecule has 2 heterocycles. The van der Waals surface area contributed by atoms with Crippen LogP contribution < -0.4 is 25.0 Å². The Morgan fingerprint density at radius 3 is 2.47 bits per heavy atom. The highest BCUT2D eigenvalue weighted by Gasteiger charge is 2.34. The molecular formula is C28H31N3O6S. The third kappa shape index (κ3) is 6.51. The molecule has 10 heteroatoms. The lowest BCUT2D eigenvalue weighted by atomic mass is 10.0. The highest BCUT2D eigenvalue weighted by Crippen LogP contribution is 2.34. The van der Waals surface area contributed by atoms with Crippen LogP contribution >= 0.6 is 11.3 Å². The number of carbonyl (C=O) groups is 3. The first kappa shape index (κ1) is 27.2. The van der Waals surface area contributed by atoms with Gasteiger partial charge in [-0.2, -0.15) is 0 Å². The first-order chi connectivity index (χ1) is 18.5. The summed E-state index contributed by atoms with van der Waals surface area (Å²) in [6.07, 6.45) is 1.73. The third-order valence-electron chi connectivity index (χ3n) is 6.21. The van der Waals surface area contributed by atoms with E-state index in [9.17, 15) is 14.4 Å². The SMILES string of the molecule is COc1ccc([C@@H](C(=O)NC[C@@H]2CCCO2)N(C(=O)CNC(=O)c2cccs2)c2ccccc2)cc1OC. The molecule has 0 radical (unpaired) electrons. The molecule has 200 valence electrons. The zero-order valence-corrected chi connectivity index (χ0v) is 22.2. The van der Waals surface area contributed by atoms with E-state index in [1.54, 1.807) is 60.0 Å². The second kappa shape index (κ2) is 13.1. The number of carbonyl (C=O) groups excluding carboxylic acids is 3. The van der Waals surface area contributed by atoms with Gasteiger partial charge >= 0.3 is 0 Å². The van der Waals surface area contributed by atoms with E-state index in [2.05, 4.69) is 10.6 Å². The van der Waals surface area contributed by atoms with E-state index in [1.807, 2.05) is 6.07 Å². The average Bonchev–Trinajstić information content (AvgIpc) is 3.68. The van der Waals surface area contributed by atoms with Crippen LogP contribution in [0.3, 0.4) is 0 Å². The molecule has 1 aliphatic rings. The Balaban J connectivity index is 1.68. The molecule has 1 aliphatic heterocycles. The van der Waals surface area contributed by atoms with Crippen LogP contribution in [0.15, 0.2) is 66.0 Å². The highest BCUT2D eigenvalue weighted by atomic mass is 32.1. The van der Waals surface area contributed by atoms with Gasteiger partial charge in [0.1, 0.15) is 6.04 Å². The highest BCUT2D eigenvalue weighted by molar-refractivity contribution is 7.12. The van der Waals surface area contributed by atoms with E-state index in [0.717, 1.165) is 12.8 Å². The molecule has 0 bridgehead atoms. The number of ether oxygens (including phenoxy) is 3. The molecule has 3 aromatic rings. The summed E-state index contributed by atoms with van der Waals surface area (Å²) in [5, 5.41) is 7.44. The number of hydrogen-bond donors (Lipinski definition) is 2. The van der Waals surface area contributed by atoms with Crippen molar-refractivity contribution in [2.75, 3.05) is 38.8 Å². The third-order valence-corrected chi connectivity index (χ3v) is 7.07. The van der Waals surface area contributed by atoms with Crippen LogP contribution in [-0.2, 0) is 14.3 Å². The van der Waals surface area contributed by atoms with Crippen LogP contribution in [0.2, 0.25) is 0 Å². The van der Waals surface area contributed by atoms with E-state index in [-0.39, 0.29) is 24.5 Å². The van der Waals surface area contributed by atoms with Crippen LogP contribution in [0, 0.1) is 0 Å². The minimum atomic E-state index is -1.05. The predicted molar refractivity (Wildman–Crippen MR) is 145 cm³/mol. The Morgan fingerprint density at radius 1 is 1.03 bits per heavy atom. The van der Waals surface area contributed by atoms with Gasteiger partial charge in [-0.25, -0.2) is 0 Å². The van der Waals surface area contributed by atoms with Gasteiger partial charge in [-0.15, -0.1) is 11.3 Å². The lowest BCUT2D eigenvalue weighted by molar-refractivity contribution is -0.126. The van der Waals surface area contributed by atoms with Gasteiger partial charge in [0.2, 0.25) is 11.8 Å². The molecule has 38 heavy (non-hydrogen) atoms. The summed E-state index contributed by atoms with van der Waals surface area (Å²) in [7, 11) is 3.04. The zero-order valence-electron chi connectivity index (χ0n) is 21.3. The van der Waals surface area contributed by atoms with Crippen molar-refractivity contribution in [3.05, 3.63) is 76.5 Å². The number of nitrogens with one attached hydrogen (secondary N) is 2. The number of benzene rings is 2. The van der Waals surface area contributed by atoms with Crippen molar-refractivity contribution < 1.29 is 28.6 Å². The van der Waals surface area contributed by atoms with Gasteiger partial charge in [0, 0.05) is 18.8 Å². The van der Waals surface area contributed by atoms with Crippen molar-refractivity contribution in [3.8, 4) is 11.5 Å². The van der Waals surface area contributed by atoms with Gasteiger partial charge in [-0.3, -0.25) is 19.3 Å². The maximum Gasteiger partial charge on any atom is 0.261 e. The van der Waals surface area contributed by atoms with E-state index in [1.165, 1.54) is 30.5 Å². The molecule has 1 aromatic heterocycles. The van der Waals surface area contributed by atoms with Crippen LogP contribution in [0.1, 0.15) is 34.1 Å². The molecule has 2 aromatic carbocycles. The van der Waals surface area contributed by atoms with Crippen molar-refractivity contribution in [2.24, 2.45) is 0 Å². The lowest BCUT2D eigenvalue weighted by Crippen LogP contribution is -2.48. The maximum absolute atomic E-state index is 13.8. The first-order valence-corrected chi connectivity index (χ1v) is 13.2. The largest absolute Gasteiger partial charge is 0.493 e. The fraction of sp³-hybridized carbons (Fsp3) is 0.321. The standard InChI is InChI=1S/C28H31N3O6S/c1-35-22-13-12-19(16-23(22)36-2)26(28(34)29-17-21-10-6-14-37-21)31(20-8-4-3-5-9-20)25(32)18-30-27(33)24-11-7-15-38-24/h3-5,7-9,11-13,15-16,21,26H,6,10,14,17-18H2,1-2H3,(H,29,34)(H,30,33)/t21-,26-/m0/s1. The molecule has 0 aliphatic carbocycles. The van der Waals surface area contributed by atoms with E-state index in [0.29, 0.717) is 40.8 Å². The Morgan fingerprint density at radius 2 is 1.82 bits per heavy atom. The van der Waals surface area contributed by atoms with Crippen molar-refractivity contribution >= 4 is 34.7 Å². The van der Waals surface area contributed by atoms with Gasteiger partial charge in [0.15, 0.2) is 11.5 Å². The number of rotatable bonds is 11. The minimum Gasteiger partial charge on any atom is -0.493 e. The topological polar surface area (TPSA) is 106 Å². The van der Waals surface area contributed by atoms with Crippen molar-refractivity contribution in [1.29, 1.82) is 0 Å². The number of thiophene rings is 1. The summed E-state index contributed by atoms with van der Waals surface area (Å²) >= 11 is 1.28. The second-order valence-corrected chi connectivity index (χ2v) is 9.60. The maximum atomic E-state index is 13.8. The first-order valence-electron chi connectivity index (χ1n) is 12.3. The average molecular weight is 538 g/mol. The molecule has 3 amide bonds. The summed E-state index contributed by atoms with van der Waals surface area (Å²) in [5.74, 6) is -0.265. The molecule has 9 nitrogen and oxygen atoms in total. The van der Waals surface area contributed by atoms with Gasteiger partial charge in [0.25, 0.3) is 5.91 Å². The van der Waals surface area contributed by atoms with Gasteiger partial charge in [0.05, 0.1) is 31.7 Å². The monoisotopic (exact) mass is 537 g/mol. The molecule has 4 rings (SSSR count). The van der Waals surface area contributed by atoms with E-state index < -0.39 is 11.9 Å². The number of anilines is 1. The molecule has 0 saturated carbocycles. The fourth-order valence-electron chi connectivity index (χ4n) is 4.32. The normalized spacial score (nSPS) is 15.4. The molecular weight excluding hydrogens is 506 g/mol. The molecule has 0 unspecified atom stereocenters. The summed E-state index contributed by atoms with van der Waals surface area (Å²) in [5.41, 5.74) is 1.03. The van der Waals surface area contributed by atoms with Crippen LogP contribution in [0.4, 0.5) is 5.69 Å². The Kier molecular flexibility index (Phi) is 9.34. The zero-order chi connectivity index (χ0) is 26.9. The molecule has 0 spiro atoms. The molecule has 2 N–H and O–H groups in total. The van der Waals surface area contributed by atoms with Gasteiger partial charge < -0.3 is 24.8 Å². The van der Waals surface area contributed by atoms with Crippen LogP contribution in [0.5, 0.6) is 11.5 Å². The molecule has 1 fully saturated rings. The van der Waals surface area contributed by atoms with E-state index >= 15 is 0 Å². The van der Waals surface area contributed by atoms with Crippen LogP contribution in [0.25, 0.3) is 0 Å². The minimum absolute atomic E-state index is 0.0732. The summed E-state index contributed by atoms with van der Waals surface area (Å²) in [6, 6.07) is 16.4. The number of hydrogen-bond acceptors (Lipinski definition) is 7. The Labute approximate surface area is 225 Å². The quantitative estimate of drug-likeness (QED) is 0.388. The summed E-state index contributed by atoms with van der Waals surface area (Å²) < 4.78 is 16.5. The Bertz CT molecular complexity index is 1230. The van der Waals surface area contributed by atoms with Crippen molar-refractivity contribution in [2.45, 2.75) is 25.0 Å². The van der Waals surface area contributed by atoms with Gasteiger partial charge in [-0.1, -0.05) is 30.3 Å². The van der Waals surface area contributed by atoms with Crippen molar-refractivity contribution in [1.82, 2.24) is 10.6 Å². The smallest absolute Gasteiger partial charge is 0.261 e. The van der Waals surface area contributed by atoms with Gasteiger partial charge in [-0.05, 0) is 54.1 Å². The van der Waals surface area contributed by atoms with Crippen LogP contribution in [-0.4, -0.2) is 57.7 Å². The lowest BCUT2D eigenvalue weighted by Gasteiger charge is -2.32. The Hall–Kier alpha value is -3.89. The van der Waals surface area contributed by atoms with E-state index in [4.69, 9.17) is 14.2 Å². The number of nitrogens with zero attached hydrogens (tertiary/aromatic N) is 1. The second-order valence-electron chi connectivity index (χ2n) is 8.66. The number of amides is 3. The summed E-state index contributed by atoms with van der Waals surface area (Å²) in [6.45, 7) is 0.696.